The molecule has 0 atom stereocenters. The van der Waals surface area contributed by atoms with Crippen LogP contribution in [0.2, 0.25) is 0 Å². The topological polar surface area (TPSA) is 73.4 Å². The highest BCUT2D eigenvalue weighted by Crippen LogP contribution is 2.19. The van der Waals surface area contributed by atoms with E-state index in [1.165, 1.54) is 11.9 Å². The molecule has 7 heteroatoms. The number of piperazine rings is 1. The van der Waals surface area contributed by atoms with Crippen molar-refractivity contribution in [2.75, 3.05) is 55.3 Å². The van der Waals surface area contributed by atoms with Gasteiger partial charge in [0, 0.05) is 44.1 Å². The summed E-state index contributed by atoms with van der Waals surface area (Å²) in [5.41, 5.74) is 2.24. The summed E-state index contributed by atoms with van der Waals surface area (Å²) in [5.74, 6) is 0.437. The largest absolute Gasteiger partial charge is 0.369 e. The Bertz CT molecular complexity index is 723. The fraction of sp³-hybridized carbons (Fsp3) is 0.450. The van der Waals surface area contributed by atoms with Gasteiger partial charge in [0.1, 0.15) is 11.5 Å². The minimum absolute atomic E-state index is 0.255. The molecule has 1 saturated heterocycles. The summed E-state index contributed by atoms with van der Waals surface area (Å²) in [5, 5.41) is 6.07. The molecule has 2 heterocycles. The quantitative estimate of drug-likeness (QED) is 0.732. The van der Waals surface area contributed by atoms with Gasteiger partial charge >= 0.3 is 0 Å². The van der Waals surface area contributed by atoms with Gasteiger partial charge in [0.25, 0.3) is 5.91 Å². The van der Waals surface area contributed by atoms with Gasteiger partial charge in [0.2, 0.25) is 0 Å². The number of nitrogens with one attached hydrogen (secondary N) is 2. The number of hydrogen-bond acceptors (Lipinski definition) is 6. The molecular formula is C20H28N6O. The summed E-state index contributed by atoms with van der Waals surface area (Å²) in [6.07, 6.45) is 5.30. The van der Waals surface area contributed by atoms with Crippen molar-refractivity contribution >= 4 is 23.1 Å². The molecule has 27 heavy (non-hydrogen) atoms. The summed E-state index contributed by atoms with van der Waals surface area (Å²) in [6, 6.07) is 7.96. The van der Waals surface area contributed by atoms with Gasteiger partial charge in [-0.05, 0) is 37.7 Å². The van der Waals surface area contributed by atoms with Crippen molar-refractivity contribution in [3.8, 4) is 0 Å². The molecule has 0 saturated carbocycles. The first-order chi connectivity index (χ1) is 13.2. The first kappa shape index (κ1) is 19.1. The van der Waals surface area contributed by atoms with E-state index in [4.69, 9.17) is 0 Å². The van der Waals surface area contributed by atoms with E-state index < -0.39 is 0 Å². The smallest absolute Gasteiger partial charge is 0.275 e. The van der Waals surface area contributed by atoms with Crippen molar-refractivity contribution in [2.24, 2.45) is 0 Å². The number of carbonyl (C=O) groups is 1. The normalized spacial score (nSPS) is 14.8. The van der Waals surface area contributed by atoms with Crippen molar-refractivity contribution in [1.82, 2.24) is 14.9 Å². The van der Waals surface area contributed by atoms with Gasteiger partial charge < -0.3 is 20.4 Å². The molecule has 144 valence electrons. The number of unbranched alkanes of at least 4 members (excludes halogenated alkanes) is 1. The number of benzene rings is 1. The van der Waals surface area contributed by atoms with Crippen LogP contribution in [0.15, 0.2) is 36.7 Å². The van der Waals surface area contributed by atoms with Gasteiger partial charge in [0.15, 0.2) is 0 Å². The molecule has 0 aliphatic carbocycles. The number of anilines is 3. The first-order valence-electron chi connectivity index (χ1n) is 9.56. The summed E-state index contributed by atoms with van der Waals surface area (Å²) in [4.78, 5) is 25.5. The highest BCUT2D eigenvalue weighted by Gasteiger charge is 2.14. The fourth-order valence-corrected chi connectivity index (χ4v) is 2.95. The summed E-state index contributed by atoms with van der Waals surface area (Å²) in [6.45, 7) is 7.18. The summed E-state index contributed by atoms with van der Waals surface area (Å²) < 4.78 is 0. The van der Waals surface area contributed by atoms with Crippen molar-refractivity contribution in [3.05, 3.63) is 42.4 Å². The number of carbonyl (C=O) groups excluding carboxylic acids is 1. The molecule has 2 aromatic rings. The predicted molar refractivity (Wildman–Crippen MR) is 110 cm³/mol. The Hall–Kier alpha value is -2.67. The highest BCUT2D eigenvalue weighted by molar-refractivity contribution is 6.02. The van der Waals surface area contributed by atoms with E-state index in [0.29, 0.717) is 11.5 Å². The molecule has 1 aliphatic rings. The monoisotopic (exact) mass is 368 g/mol. The third kappa shape index (κ3) is 5.40. The average Bonchev–Trinajstić information content (AvgIpc) is 2.70. The van der Waals surface area contributed by atoms with Gasteiger partial charge in [-0.2, -0.15) is 0 Å². The predicted octanol–water partition coefficient (Wildman–Crippen LogP) is 2.69. The molecule has 0 spiro atoms. The van der Waals surface area contributed by atoms with Crippen LogP contribution in [0.4, 0.5) is 17.2 Å². The number of likely N-dealkylation sites (N-methyl/N-ethyl adjacent to an activating group) is 1. The second-order valence-corrected chi connectivity index (χ2v) is 6.86. The molecule has 1 fully saturated rings. The lowest BCUT2D eigenvalue weighted by Gasteiger charge is -2.34. The lowest BCUT2D eigenvalue weighted by atomic mass is 10.2. The number of amides is 1. The minimum Gasteiger partial charge on any atom is -0.369 e. The van der Waals surface area contributed by atoms with Crippen LogP contribution in [0.5, 0.6) is 0 Å². The van der Waals surface area contributed by atoms with Crippen LogP contribution in [0.1, 0.15) is 30.3 Å². The third-order valence-corrected chi connectivity index (χ3v) is 4.71. The van der Waals surface area contributed by atoms with E-state index in [2.05, 4.69) is 44.4 Å². The number of rotatable bonds is 7. The van der Waals surface area contributed by atoms with Crippen LogP contribution >= 0.6 is 0 Å². The highest BCUT2D eigenvalue weighted by atomic mass is 16.1. The Balaban J connectivity index is 1.54. The molecule has 1 aliphatic heterocycles. The van der Waals surface area contributed by atoms with E-state index in [1.54, 1.807) is 6.20 Å². The lowest BCUT2D eigenvalue weighted by Crippen LogP contribution is -2.44. The van der Waals surface area contributed by atoms with E-state index in [1.807, 2.05) is 24.3 Å². The van der Waals surface area contributed by atoms with Crippen LogP contribution in [0.25, 0.3) is 0 Å². The van der Waals surface area contributed by atoms with Crippen molar-refractivity contribution in [2.45, 2.75) is 19.8 Å². The second-order valence-electron chi connectivity index (χ2n) is 6.86. The van der Waals surface area contributed by atoms with Gasteiger partial charge in [0.05, 0.1) is 12.4 Å². The Morgan fingerprint density at radius 3 is 2.44 bits per heavy atom. The number of nitrogens with zero attached hydrogens (tertiary/aromatic N) is 4. The lowest BCUT2D eigenvalue weighted by molar-refractivity contribution is 0.102. The van der Waals surface area contributed by atoms with Gasteiger partial charge in [-0.3, -0.25) is 4.79 Å². The van der Waals surface area contributed by atoms with E-state index in [0.717, 1.165) is 51.3 Å². The number of hydrogen-bond donors (Lipinski definition) is 2. The van der Waals surface area contributed by atoms with Gasteiger partial charge in [-0.1, -0.05) is 13.3 Å². The molecule has 7 nitrogen and oxygen atoms in total. The molecule has 1 amide bonds. The molecule has 2 N–H and O–H groups in total. The zero-order valence-electron chi connectivity index (χ0n) is 16.1. The van der Waals surface area contributed by atoms with E-state index >= 15 is 0 Å². The van der Waals surface area contributed by atoms with Crippen molar-refractivity contribution in [3.63, 3.8) is 0 Å². The molecule has 3 rings (SSSR count). The van der Waals surface area contributed by atoms with Gasteiger partial charge in [-0.15, -0.1) is 0 Å². The zero-order chi connectivity index (χ0) is 19.1. The Labute approximate surface area is 160 Å². The van der Waals surface area contributed by atoms with Crippen molar-refractivity contribution < 1.29 is 4.79 Å². The molecule has 1 aromatic carbocycles. The summed E-state index contributed by atoms with van der Waals surface area (Å²) in [7, 11) is 2.15. The molecular weight excluding hydrogens is 340 g/mol. The maximum Gasteiger partial charge on any atom is 0.275 e. The molecule has 0 unspecified atom stereocenters. The molecule has 1 aromatic heterocycles. The van der Waals surface area contributed by atoms with E-state index in [9.17, 15) is 4.79 Å². The van der Waals surface area contributed by atoms with Crippen LogP contribution in [0.3, 0.4) is 0 Å². The minimum atomic E-state index is -0.255. The SMILES string of the molecule is CCCCNc1cnc(C(=O)Nc2ccc(N3CCN(C)CC3)cc2)cn1. The van der Waals surface area contributed by atoms with Crippen LogP contribution in [-0.4, -0.2) is 60.5 Å². The number of aromatic nitrogens is 2. The first-order valence-corrected chi connectivity index (χ1v) is 9.56. The van der Waals surface area contributed by atoms with E-state index in [-0.39, 0.29) is 5.91 Å². The zero-order valence-corrected chi connectivity index (χ0v) is 16.1. The van der Waals surface area contributed by atoms with Crippen LogP contribution in [-0.2, 0) is 0 Å². The second kappa shape index (κ2) is 9.32. The summed E-state index contributed by atoms with van der Waals surface area (Å²) >= 11 is 0. The maximum absolute atomic E-state index is 12.4. The molecule has 0 radical (unpaired) electrons. The van der Waals surface area contributed by atoms with Gasteiger partial charge in [-0.25, -0.2) is 9.97 Å². The molecule has 0 bridgehead atoms. The Kier molecular flexibility index (Phi) is 6.59. The fourth-order valence-electron chi connectivity index (χ4n) is 2.95. The standard InChI is InChI=1S/C20H28N6O/c1-3-4-9-21-19-15-22-18(14-23-19)20(27)24-16-5-7-17(8-6-16)26-12-10-25(2)11-13-26/h5-8,14-15H,3-4,9-13H2,1-2H3,(H,21,23)(H,24,27). The Morgan fingerprint density at radius 1 is 1.07 bits per heavy atom. The Morgan fingerprint density at radius 2 is 1.81 bits per heavy atom. The van der Waals surface area contributed by atoms with Crippen LogP contribution in [0, 0.1) is 0 Å². The van der Waals surface area contributed by atoms with Crippen molar-refractivity contribution in [1.29, 1.82) is 0 Å². The maximum atomic E-state index is 12.4. The average molecular weight is 368 g/mol. The third-order valence-electron chi connectivity index (χ3n) is 4.71. The van der Waals surface area contributed by atoms with Crippen LogP contribution < -0.4 is 15.5 Å².